The average molecular weight is 639 g/mol. The van der Waals surface area contributed by atoms with Crippen LogP contribution in [0.1, 0.15) is 25.0 Å². The third-order valence-corrected chi connectivity index (χ3v) is 6.10. The Morgan fingerprint density at radius 1 is 0.711 bits per heavy atom. The topological polar surface area (TPSA) is 26.3 Å². The fourth-order valence-electron chi connectivity index (χ4n) is 4.34. The number of aryl methyl sites for hydroxylation is 2. The summed E-state index contributed by atoms with van der Waals surface area (Å²) in [5.74, 6) is 0. The zero-order valence-corrected chi connectivity index (χ0v) is 27.2. The van der Waals surface area contributed by atoms with E-state index >= 15 is 0 Å². The Balaban J connectivity index is 0.000000175. The average Bonchev–Trinajstić information content (AvgIpc) is 3.75. The molecule has 0 saturated carbocycles. The minimum atomic E-state index is -0.826. The fraction of sp³-hybridized carbons (Fsp3) is 0.188. The van der Waals surface area contributed by atoms with Gasteiger partial charge in [0.25, 0.3) is 0 Å². The molecule has 2 heterocycles. The number of rotatable bonds is 4. The number of hydrogen-bond donors (Lipinski definition) is 0. The number of benzene rings is 2. The summed E-state index contributed by atoms with van der Waals surface area (Å²) in [7, 11) is 11.0. The summed E-state index contributed by atoms with van der Waals surface area (Å²) < 4.78 is 10.3. The first-order chi connectivity index (χ1) is 18.6. The SMILES string of the molecule is CCc1cc2c(-c3ccoc3)cccc2[cH-]1.CCc1cc2c(-c3ccoc3)cccc2[cH-]1.C[Si]C.[Cl][Zr+2][Cl]. The molecule has 0 fully saturated rings. The number of furan rings is 2. The molecule has 0 bridgehead atoms. The summed E-state index contributed by atoms with van der Waals surface area (Å²) in [5.41, 5.74) is 7.60. The molecule has 0 saturated heterocycles. The molecule has 6 rings (SSSR count). The van der Waals surface area contributed by atoms with Crippen LogP contribution in [0.15, 0.2) is 107 Å². The Hall–Kier alpha value is -2.10. The molecule has 2 aromatic heterocycles. The van der Waals surface area contributed by atoms with Crippen molar-refractivity contribution >= 4 is 48.1 Å². The van der Waals surface area contributed by atoms with Crippen LogP contribution in [-0.4, -0.2) is 9.52 Å². The summed E-state index contributed by atoms with van der Waals surface area (Å²) in [5, 5.41) is 5.27. The van der Waals surface area contributed by atoms with Gasteiger partial charge in [-0.05, 0) is 25.0 Å². The Morgan fingerprint density at radius 3 is 1.42 bits per heavy atom. The standard InChI is InChI=1S/2C15H13O.C2H6Si.2ClH.Zr/c2*1-2-11-8-12-4-3-5-14(15(12)9-11)13-6-7-16-10-13;1-3-2;;;/h2*3-10H,2H2,1H3;1-2H3;2*1H;/q2*-1;;;;+4/p-2. The van der Waals surface area contributed by atoms with E-state index in [1.54, 1.807) is 25.1 Å². The molecule has 6 heteroatoms. The molecule has 0 unspecified atom stereocenters. The zero-order chi connectivity index (χ0) is 27.3. The van der Waals surface area contributed by atoms with Gasteiger partial charge in [-0.1, -0.05) is 50.2 Å². The van der Waals surface area contributed by atoms with Gasteiger partial charge in [0.05, 0.1) is 25.1 Å². The maximum atomic E-state index is 5.15. The van der Waals surface area contributed by atoms with Gasteiger partial charge in [-0.15, -0.1) is 69.1 Å². The van der Waals surface area contributed by atoms with E-state index in [2.05, 4.69) is 87.6 Å². The predicted octanol–water partition coefficient (Wildman–Crippen LogP) is 10.9. The molecule has 6 aromatic rings. The molecule has 0 amide bonds. The van der Waals surface area contributed by atoms with Crippen molar-refractivity contribution in [3.63, 3.8) is 0 Å². The molecule has 0 aliphatic heterocycles. The predicted molar refractivity (Wildman–Crippen MR) is 162 cm³/mol. The molecule has 38 heavy (non-hydrogen) atoms. The second kappa shape index (κ2) is 16.1. The monoisotopic (exact) mass is 636 g/mol. The van der Waals surface area contributed by atoms with E-state index in [4.69, 9.17) is 25.9 Å². The first kappa shape index (κ1) is 30.4. The van der Waals surface area contributed by atoms with Crippen LogP contribution in [0.4, 0.5) is 0 Å². The van der Waals surface area contributed by atoms with Gasteiger partial charge in [0.1, 0.15) is 0 Å². The molecule has 0 N–H and O–H groups in total. The van der Waals surface area contributed by atoms with Crippen molar-refractivity contribution in [3.8, 4) is 22.3 Å². The van der Waals surface area contributed by atoms with Gasteiger partial charge in [0.2, 0.25) is 0 Å². The number of hydrogen-bond acceptors (Lipinski definition) is 2. The van der Waals surface area contributed by atoms with E-state index in [0.717, 1.165) is 33.5 Å². The van der Waals surface area contributed by atoms with Crippen molar-refractivity contribution in [2.75, 3.05) is 0 Å². The molecular formula is C32H32Cl2O2SiZr. The number of halogens is 2. The molecule has 0 atom stereocenters. The minimum absolute atomic E-state index is 0.826. The Labute approximate surface area is 247 Å². The van der Waals surface area contributed by atoms with Crippen LogP contribution in [-0.2, 0) is 33.7 Å². The van der Waals surface area contributed by atoms with Crippen molar-refractivity contribution in [1.29, 1.82) is 0 Å². The van der Waals surface area contributed by atoms with Crippen LogP contribution in [0.3, 0.4) is 0 Å². The summed E-state index contributed by atoms with van der Waals surface area (Å²) in [4.78, 5) is 0. The Bertz CT molecular complexity index is 1370. The summed E-state index contributed by atoms with van der Waals surface area (Å²) in [6.45, 7) is 8.68. The van der Waals surface area contributed by atoms with Gasteiger partial charge in [0, 0.05) is 20.6 Å². The molecule has 2 radical (unpaired) electrons. The van der Waals surface area contributed by atoms with Crippen molar-refractivity contribution in [2.45, 2.75) is 39.8 Å². The Kier molecular flexibility index (Phi) is 12.9. The second-order valence-electron chi connectivity index (χ2n) is 8.65. The second-order valence-corrected chi connectivity index (χ2v) is 13.4. The molecule has 4 aromatic carbocycles. The van der Waals surface area contributed by atoms with Crippen molar-refractivity contribution in [1.82, 2.24) is 0 Å². The van der Waals surface area contributed by atoms with Crippen LogP contribution in [0.5, 0.6) is 0 Å². The van der Waals surface area contributed by atoms with E-state index < -0.39 is 20.8 Å². The first-order valence-electron chi connectivity index (χ1n) is 12.6. The van der Waals surface area contributed by atoms with E-state index in [9.17, 15) is 0 Å². The molecular weight excluding hydrogens is 607 g/mol. The zero-order valence-electron chi connectivity index (χ0n) is 22.2. The van der Waals surface area contributed by atoms with E-state index in [1.165, 1.54) is 43.8 Å². The van der Waals surface area contributed by atoms with Crippen LogP contribution in [0.2, 0.25) is 13.1 Å². The van der Waals surface area contributed by atoms with Crippen LogP contribution in [0, 0.1) is 0 Å². The van der Waals surface area contributed by atoms with Crippen molar-refractivity contribution < 1.29 is 29.7 Å². The number of fused-ring (bicyclic) bond motifs is 2. The summed E-state index contributed by atoms with van der Waals surface area (Å²) in [6, 6.07) is 25.9. The third-order valence-electron chi connectivity index (χ3n) is 6.10. The van der Waals surface area contributed by atoms with E-state index in [0.29, 0.717) is 0 Å². The molecule has 2 nitrogen and oxygen atoms in total. The van der Waals surface area contributed by atoms with E-state index in [1.807, 2.05) is 12.1 Å². The van der Waals surface area contributed by atoms with Crippen molar-refractivity contribution in [2.24, 2.45) is 0 Å². The quantitative estimate of drug-likeness (QED) is 0.142. The van der Waals surface area contributed by atoms with Gasteiger partial charge >= 0.3 is 37.9 Å². The first-order valence-corrected chi connectivity index (χ1v) is 20.9. The van der Waals surface area contributed by atoms with Gasteiger partial charge < -0.3 is 8.83 Å². The molecule has 0 aliphatic carbocycles. The van der Waals surface area contributed by atoms with Crippen LogP contribution >= 0.6 is 17.0 Å². The normalized spacial score (nSPS) is 10.1. The van der Waals surface area contributed by atoms with Gasteiger partial charge in [-0.25, -0.2) is 0 Å². The molecule has 0 spiro atoms. The van der Waals surface area contributed by atoms with Crippen LogP contribution < -0.4 is 0 Å². The van der Waals surface area contributed by atoms with Gasteiger partial charge in [0.15, 0.2) is 0 Å². The van der Waals surface area contributed by atoms with Crippen molar-refractivity contribution in [3.05, 3.63) is 109 Å². The van der Waals surface area contributed by atoms with E-state index in [-0.39, 0.29) is 0 Å². The molecule has 0 aliphatic rings. The third kappa shape index (κ3) is 7.96. The fourth-order valence-corrected chi connectivity index (χ4v) is 4.34. The van der Waals surface area contributed by atoms with Gasteiger partial charge in [-0.3, -0.25) is 0 Å². The maximum absolute atomic E-state index is 5.15. The summed E-state index contributed by atoms with van der Waals surface area (Å²) in [6.07, 6.45) is 9.20. The van der Waals surface area contributed by atoms with Crippen LogP contribution in [0.25, 0.3) is 43.8 Å². The Morgan fingerprint density at radius 2 is 1.11 bits per heavy atom. The van der Waals surface area contributed by atoms with Gasteiger partial charge in [-0.2, -0.15) is 12.1 Å². The molecule has 194 valence electrons. The summed E-state index contributed by atoms with van der Waals surface area (Å²) >= 11 is -0.826.